The molecule has 4 atom stereocenters. The van der Waals surface area contributed by atoms with Crippen molar-refractivity contribution >= 4 is 11.6 Å². The lowest BCUT2D eigenvalue weighted by Gasteiger charge is -2.32. The summed E-state index contributed by atoms with van der Waals surface area (Å²) in [5, 5.41) is 0. The van der Waals surface area contributed by atoms with E-state index in [1.807, 2.05) is 0 Å². The molecule has 0 aromatic rings. The van der Waals surface area contributed by atoms with Crippen molar-refractivity contribution in [3.8, 4) is 0 Å². The number of hydrogen-bond acceptors (Lipinski definition) is 2. The van der Waals surface area contributed by atoms with Crippen molar-refractivity contribution in [2.24, 2.45) is 11.8 Å². The third kappa shape index (κ3) is 4.34. The Bertz CT molecular complexity index is 371. The van der Waals surface area contributed by atoms with Gasteiger partial charge in [-0.2, -0.15) is 0 Å². The predicted octanol–water partition coefficient (Wildman–Crippen LogP) is 4.69. The summed E-state index contributed by atoms with van der Waals surface area (Å²) in [6.45, 7) is 7.29. The third-order valence-electron chi connectivity index (χ3n) is 4.31. The van der Waals surface area contributed by atoms with Gasteiger partial charge in [-0.05, 0) is 45.4 Å². The van der Waals surface area contributed by atoms with Gasteiger partial charge in [0.1, 0.15) is 0 Å². The highest BCUT2D eigenvalue weighted by Gasteiger charge is 2.36. The summed E-state index contributed by atoms with van der Waals surface area (Å²) in [4.78, 5) is 0. The van der Waals surface area contributed by atoms with Gasteiger partial charge in [-0.3, -0.25) is 0 Å². The van der Waals surface area contributed by atoms with Crippen LogP contribution in [0, 0.1) is 11.8 Å². The zero-order valence-corrected chi connectivity index (χ0v) is 13.7. The summed E-state index contributed by atoms with van der Waals surface area (Å²) in [5.74, 6) is 1.64. The first-order valence-electron chi connectivity index (χ1n) is 7.74. The average molecular weight is 299 g/mol. The monoisotopic (exact) mass is 298 g/mol. The lowest BCUT2D eigenvalue weighted by molar-refractivity contribution is -0.108. The molecule has 2 nitrogen and oxygen atoms in total. The maximum atomic E-state index is 5.88. The van der Waals surface area contributed by atoms with Crippen molar-refractivity contribution in [3.05, 3.63) is 23.3 Å². The fraction of sp³-hybridized carbons (Fsp3) is 0.765. The first-order valence-corrected chi connectivity index (χ1v) is 8.28. The maximum absolute atomic E-state index is 5.88. The van der Waals surface area contributed by atoms with E-state index in [4.69, 9.17) is 21.1 Å². The van der Waals surface area contributed by atoms with Gasteiger partial charge in [0.15, 0.2) is 6.29 Å². The minimum atomic E-state index is -0.0515. The van der Waals surface area contributed by atoms with Gasteiger partial charge in [0.05, 0.1) is 18.6 Å². The van der Waals surface area contributed by atoms with Crippen LogP contribution >= 0.6 is 11.6 Å². The summed E-state index contributed by atoms with van der Waals surface area (Å²) in [6, 6.07) is 0. The van der Waals surface area contributed by atoms with Crippen LogP contribution in [0.2, 0.25) is 0 Å². The number of halogens is 1. The highest BCUT2D eigenvalue weighted by atomic mass is 35.5. The van der Waals surface area contributed by atoms with Gasteiger partial charge in [-0.15, -0.1) is 11.6 Å². The minimum absolute atomic E-state index is 0.0515. The Morgan fingerprint density at radius 1 is 1.45 bits per heavy atom. The number of rotatable bonds is 5. The fourth-order valence-corrected chi connectivity index (χ4v) is 3.25. The van der Waals surface area contributed by atoms with Crippen molar-refractivity contribution in [1.29, 1.82) is 0 Å². The molecule has 0 aromatic carbocycles. The number of hydrogen-bond donors (Lipinski definition) is 0. The van der Waals surface area contributed by atoms with Crippen molar-refractivity contribution in [3.63, 3.8) is 0 Å². The van der Waals surface area contributed by atoms with Crippen LogP contribution in [0.4, 0.5) is 0 Å². The van der Waals surface area contributed by atoms with Gasteiger partial charge in [-0.1, -0.05) is 30.2 Å². The molecule has 0 spiro atoms. The van der Waals surface area contributed by atoms with Gasteiger partial charge < -0.3 is 9.47 Å². The predicted molar refractivity (Wildman–Crippen MR) is 84.0 cm³/mol. The topological polar surface area (TPSA) is 18.5 Å². The van der Waals surface area contributed by atoms with Gasteiger partial charge in [0.25, 0.3) is 0 Å². The molecule has 1 heterocycles. The molecule has 3 heteroatoms. The average Bonchev–Trinajstić information content (AvgIpc) is 2.87. The molecule has 0 saturated carbocycles. The second-order valence-corrected chi connectivity index (χ2v) is 6.69. The number of ether oxygens (including phenoxy) is 2. The van der Waals surface area contributed by atoms with E-state index < -0.39 is 0 Å². The molecule has 4 unspecified atom stereocenters. The molecule has 0 radical (unpaired) electrons. The molecule has 0 amide bonds. The minimum Gasteiger partial charge on any atom is -0.350 e. The summed E-state index contributed by atoms with van der Waals surface area (Å²) in [5.41, 5.74) is 3.00. The van der Waals surface area contributed by atoms with Gasteiger partial charge >= 0.3 is 0 Å². The Labute approximate surface area is 128 Å². The lowest BCUT2D eigenvalue weighted by Crippen LogP contribution is -2.30. The lowest BCUT2D eigenvalue weighted by atomic mass is 9.79. The summed E-state index contributed by atoms with van der Waals surface area (Å²) >= 11 is 5.83. The smallest absolute Gasteiger partial charge is 0.161 e. The van der Waals surface area contributed by atoms with Gasteiger partial charge in [-0.25, -0.2) is 0 Å². The SMILES string of the molecule is CC(C)=CCCC1=CCC(C2OCC(CCl)O2)C(C)C1. The molecule has 0 aromatic heterocycles. The first-order chi connectivity index (χ1) is 9.60. The highest BCUT2D eigenvalue weighted by Crippen LogP contribution is 2.37. The van der Waals surface area contributed by atoms with E-state index >= 15 is 0 Å². The quantitative estimate of drug-likeness (QED) is 0.542. The van der Waals surface area contributed by atoms with E-state index in [0.717, 1.165) is 12.8 Å². The normalized spacial score (nSPS) is 33.9. The van der Waals surface area contributed by atoms with Crippen LogP contribution in [0.5, 0.6) is 0 Å². The molecule has 1 aliphatic carbocycles. The van der Waals surface area contributed by atoms with Crippen LogP contribution in [0.1, 0.15) is 46.5 Å². The van der Waals surface area contributed by atoms with Crippen LogP contribution in [-0.2, 0) is 9.47 Å². The van der Waals surface area contributed by atoms with Crippen LogP contribution in [0.15, 0.2) is 23.3 Å². The largest absolute Gasteiger partial charge is 0.350 e. The Morgan fingerprint density at radius 3 is 2.85 bits per heavy atom. The van der Waals surface area contributed by atoms with E-state index in [2.05, 4.69) is 32.9 Å². The molecule has 0 bridgehead atoms. The fourth-order valence-electron chi connectivity index (χ4n) is 3.09. The summed E-state index contributed by atoms with van der Waals surface area (Å²) in [7, 11) is 0. The molecule has 2 aliphatic rings. The zero-order valence-electron chi connectivity index (χ0n) is 12.9. The first kappa shape index (κ1) is 16.1. The Balaban J connectivity index is 1.84. The summed E-state index contributed by atoms with van der Waals surface area (Å²) in [6.07, 6.45) is 9.37. The van der Waals surface area contributed by atoms with E-state index in [1.165, 1.54) is 18.4 Å². The highest BCUT2D eigenvalue weighted by molar-refractivity contribution is 6.18. The van der Waals surface area contributed by atoms with Crippen LogP contribution in [0.25, 0.3) is 0 Å². The van der Waals surface area contributed by atoms with Crippen LogP contribution in [-0.4, -0.2) is 24.9 Å². The van der Waals surface area contributed by atoms with Crippen molar-refractivity contribution in [2.45, 2.75) is 58.8 Å². The molecule has 2 rings (SSSR count). The Hall–Kier alpha value is -0.310. The van der Waals surface area contributed by atoms with E-state index in [1.54, 1.807) is 5.57 Å². The number of allylic oxidation sites excluding steroid dienone is 4. The molecular weight excluding hydrogens is 272 g/mol. The van der Waals surface area contributed by atoms with E-state index in [9.17, 15) is 0 Å². The number of alkyl halides is 1. The molecule has 114 valence electrons. The molecule has 1 fully saturated rings. The Kier molecular flexibility index (Phi) is 6.13. The molecular formula is C17H27ClO2. The molecule has 0 N–H and O–H groups in total. The van der Waals surface area contributed by atoms with Crippen LogP contribution < -0.4 is 0 Å². The van der Waals surface area contributed by atoms with E-state index in [-0.39, 0.29) is 12.4 Å². The van der Waals surface area contributed by atoms with E-state index in [0.29, 0.717) is 24.3 Å². The second kappa shape index (κ2) is 7.63. The van der Waals surface area contributed by atoms with Crippen molar-refractivity contribution < 1.29 is 9.47 Å². The van der Waals surface area contributed by atoms with Crippen LogP contribution in [0.3, 0.4) is 0 Å². The Morgan fingerprint density at radius 2 is 2.25 bits per heavy atom. The standard InChI is InChI=1S/C17H27ClO2/c1-12(2)5-4-6-14-7-8-16(13(3)9-14)17-19-11-15(10-18)20-17/h5,7,13,15-17H,4,6,8-11H2,1-3H3. The molecule has 20 heavy (non-hydrogen) atoms. The molecule has 1 aliphatic heterocycles. The second-order valence-electron chi connectivity index (χ2n) is 6.38. The zero-order chi connectivity index (χ0) is 14.5. The van der Waals surface area contributed by atoms with Crippen molar-refractivity contribution in [2.75, 3.05) is 12.5 Å². The molecule has 1 saturated heterocycles. The maximum Gasteiger partial charge on any atom is 0.161 e. The third-order valence-corrected chi connectivity index (χ3v) is 4.65. The van der Waals surface area contributed by atoms with Crippen molar-refractivity contribution in [1.82, 2.24) is 0 Å². The summed E-state index contributed by atoms with van der Waals surface area (Å²) < 4.78 is 11.6. The van der Waals surface area contributed by atoms with Gasteiger partial charge in [0.2, 0.25) is 0 Å². The van der Waals surface area contributed by atoms with Gasteiger partial charge in [0, 0.05) is 5.92 Å².